The lowest BCUT2D eigenvalue weighted by Crippen LogP contribution is -2.45. The molecule has 1 amide bonds. The van der Waals surface area contributed by atoms with E-state index in [1.807, 2.05) is 0 Å². The lowest BCUT2D eigenvalue weighted by Gasteiger charge is -2.19. The van der Waals surface area contributed by atoms with Gasteiger partial charge in [-0.05, 0) is 43.7 Å². The maximum atomic E-state index is 13.7. The van der Waals surface area contributed by atoms with Gasteiger partial charge in [0.1, 0.15) is 10.7 Å². The number of nitrogens with one attached hydrogen (secondary N) is 2. The first-order valence-corrected chi connectivity index (χ1v) is 11.1. The van der Waals surface area contributed by atoms with E-state index in [1.54, 1.807) is 6.92 Å². The first-order chi connectivity index (χ1) is 12.9. The van der Waals surface area contributed by atoms with Gasteiger partial charge in [-0.15, -0.1) is 0 Å². The third-order valence-electron chi connectivity index (χ3n) is 3.92. The molecule has 0 radical (unpaired) electrons. The molecule has 2 aromatic rings. The van der Waals surface area contributed by atoms with Crippen LogP contribution in [-0.4, -0.2) is 28.8 Å². The second-order valence-electron chi connectivity index (χ2n) is 6.12. The molecule has 0 aliphatic heterocycles. The van der Waals surface area contributed by atoms with Crippen molar-refractivity contribution in [2.45, 2.75) is 35.7 Å². The Morgan fingerprint density at radius 3 is 2.11 bits per heavy atom. The Labute approximate surface area is 163 Å². The summed E-state index contributed by atoms with van der Waals surface area (Å²) < 4.78 is 62.9. The van der Waals surface area contributed by atoms with E-state index < -0.39 is 48.8 Å². The lowest BCUT2D eigenvalue weighted by molar-refractivity contribution is -0.123. The van der Waals surface area contributed by atoms with Gasteiger partial charge in [0.25, 0.3) is 0 Å². The SMILES string of the molecule is CC(NC(=O)[C@H](C)NS(=O)(=O)c1ccccc1F)c1ccc(S(N)(=O)=O)cc1. The molecule has 152 valence electrons. The molecule has 2 aromatic carbocycles. The molecular weight excluding hydrogens is 409 g/mol. The van der Waals surface area contributed by atoms with Crippen LogP contribution in [0, 0.1) is 5.82 Å². The summed E-state index contributed by atoms with van der Waals surface area (Å²) in [6, 6.07) is 8.69. The van der Waals surface area contributed by atoms with Gasteiger partial charge in [-0.1, -0.05) is 24.3 Å². The molecule has 0 spiro atoms. The average Bonchev–Trinajstić information content (AvgIpc) is 2.60. The monoisotopic (exact) mass is 429 g/mol. The molecule has 2 rings (SSSR count). The minimum atomic E-state index is -4.22. The molecule has 4 N–H and O–H groups in total. The van der Waals surface area contributed by atoms with E-state index in [2.05, 4.69) is 10.0 Å². The van der Waals surface area contributed by atoms with Crippen LogP contribution in [0.25, 0.3) is 0 Å². The molecule has 28 heavy (non-hydrogen) atoms. The quantitative estimate of drug-likeness (QED) is 0.604. The van der Waals surface area contributed by atoms with Crippen molar-refractivity contribution in [1.82, 2.24) is 10.0 Å². The lowest BCUT2D eigenvalue weighted by atomic mass is 10.1. The van der Waals surface area contributed by atoms with Crippen molar-refractivity contribution < 1.29 is 26.0 Å². The molecule has 0 saturated heterocycles. The van der Waals surface area contributed by atoms with Crippen molar-refractivity contribution in [3.8, 4) is 0 Å². The number of hydrogen-bond acceptors (Lipinski definition) is 5. The van der Waals surface area contributed by atoms with Crippen LogP contribution in [0.15, 0.2) is 58.3 Å². The maximum absolute atomic E-state index is 13.7. The van der Waals surface area contributed by atoms with E-state index in [9.17, 15) is 26.0 Å². The van der Waals surface area contributed by atoms with E-state index in [1.165, 1.54) is 43.3 Å². The number of primary sulfonamides is 1. The Balaban J connectivity index is 2.06. The normalized spacial score (nSPS) is 14.3. The summed E-state index contributed by atoms with van der Waals surface area (Å²) in [6.07, 6.45) is 0. The van der Waals surface area contributed by atoms with Crippen LogP contribution >= 0.6 is 0 Å². The molecule has 11 heteroatoms. The molecular formula is C17H20FN3O5S2. The van der Waals surface area contributed by atoms with E-state index in [4.69, 9.17) is 5.14 Å². The highest BCUT2D eigenvalue weighted by Gasteiger charge is 2.25. The Morgan fingerprint density at radius 1 is 1.00 bits per heavy atom. The van der Waals surface area contributed by atoms with Crippen LogP contribution in [0.2, 0.25) is 0 Å². The van der Waals surface area contributed by atoms with Gasteiger partial charge >= 0.3 is 0 Å². The minimum absolute atomic E-state index is 0.0687. The number of amides is 1. The third kappa shape index (κ3) is 5.35. The van der Waals surface area contributed by atoms with Crippen LogP contribution < -0.4 is 15.2 Å². The van der Waals surface area contributed by atoms with Crippen LogP contribution in [0.3, 0.4) is 0 Å². The van der Waals surface area contributed by atoms with Crippen molar-refractivity contribution >= 4 is 26.0 Å². The fraction of sp³-hybridized carbons (Fsp3) is 0.235. The summed E-state index contributed by atoms with van der Waals surface area (Å²) in [4.78, 5) is 11.7. The second kappa shape index (κ2) is 8.35. The Kier molecular flexibility index (Phi) is 6.55. The van der Waals surface area contributed by atoms with Gasteiger partial charge in [0.2, 0.25) is 26.0 Å². The van der Waals surface area contributed by atoms with Gasteiger partial charge in [-0.25, -0.2) is 26.4 Å². The first kappa shape index (κ1) is 22.0. The van der Waals surface area contributed by atoms with Crippen molar-refractivity contribution in [2.24, 2.45) is 5.14 Å². The zero-order chi connectivity index (χ0) is 21.1. The second-order valence-corrected chi connectivity index (χ2v) is 9.36. The minimum Gasteiger partial charge on any atom is -0.348 e. The molecule has 0 aromatic heterocycles. The summed E-state index contributed by atoms with van der Waals surface area (Å²) in [5.74, 6) is -1.56. The molecule has 8 nitrogen and oxygen atoms in total. The fourth-order valence-corrected chi connectivity index (χ4v) is 4.18. The highest BCUT2D eigenvalue weighted by atomic mass is 32.2. The number of benzene rings is 2. The highest BCUT2D eigenvalue weighted by Crippen LogP contribution is 2.16. The van der Waals surface area contributed by atoms with Crippen LogP contribution in [0.1, 0.15) is 25.5 Å². The van der Waals surface area contributed by atoms with Crippen LogP contribution in [0.5, 0.6) is 0 Å². The molecule has 1 unspecified atom stereocenters. The number of hydrogen-bond donors (Lipinski definition) is 3. The predicted octanol–water partition coefficient (Wildman–Crippen LogP) is 1.02. The number of nitrogens with two attached hydrogens (primary N) is 1. The van der Waals surface area contributed by atoms with Gasteiger partial charge in [-0.3, -0.25) is 4.79 Å². The Hall–Kier alpha value is -2.34. The van der Waals surface area contributed by atoms with E-state index in [0.717, 1.165) is 12.1 Å². The first-order valence-electron chi connectivity index (χ1n) is 8.12. The summed E-state index contributed by atoms with van der Waals surface area (Å²) in [7, 11) is -8.05. The van der Waals surface area contributed by atoms with Crippen molar-refractivity contribution in [2.75, 3.05) is 0 Å². The fourth-order valence-electron chi connectivity index (χ4n) is 2.38. The summed E-state index contributed by atoms with van der Waals surface area (Å²) in [6.45, 7) is 2.96. The van der Waals surface area contributed by atoms with E-state index >= 15 is 0 Å². The third-order valence-corrected chi connectivity index (χ3v) is 6.42. The molecule has 0 bridgehead atoms. The summed E-state index contributed by atoms with van der Waals surface area (Å²) in [5.41, 5.74) is 0.588. The zero-order valence-electron chi connectivity index (χ0n) is 15.1. The van der Waals surface area contributed by atoms with Gasteiger partial charge < -0.3 is 5.32 Å². The highest BCUT2D eigenvalue weighted by molar-refractivity contribution is 7.89. The van der Waals surface area contributed by atoms with Crippen molar-refractivity contribution in [3.63, 3.8) is 0 Å². The van der Waals surface area contributed by atoms with Crippen LogP contribution in [0.4, 0.5) is 4.39 Å². The van der Waals surface area contributed by atoms with Gasteiger partial charge in [0.15, 0.2) is 0 Å². The smallest absolute Gasteiger partial charge is 0.244 e. The summed E-state index contributed by atoms with van der Waals surface area (Å²) in [5, 5.41) is 7.63. The van der Waals surface area contributed by atoms with Gasteiger partial charge in [-0.2, -0.15) is 4.72 Å². The Bertz CT molecular complexity index is 1070. The largest absolute Gasteiger partial charge is 0.348 e. The molecule has 0 aliphatic rings. The van der Waals surface area contributed by atoms with E-state index in [0.29, 0.717) is 5.56 Å². The molecule has 0 heterocycles. The summed E-state index contributed by atoms with van der Waals surface area (Å²) >= 11 is 0. The standard InChI is InChI=1S/C17H20FN3O5S2/c1-11(13-7-9-14(10-8-13)27(19,23)24)20-17(22)12(2)21-28(25,26)16-6-4-3-5-15(16)18/h3-12,21H,1-2H3,(H,20,22)(H2,19,23,24)/t11?,12-/m0/s1. The Morgan fingerprint density at radius 2 is 1.57 bits per heavy atom. The van der Waals surface area contributed by atoms with Crippen molar-refractivity contribution in [1.29, 1.82) is 0 Å². The van der Waals surface area contributed by atoms with Crippen molar-refractivity contribution in [3.05, 3.63) is 59.9 Å². The number of carbonyl (C=O) groups is 1. The van der Waals surface area contributed by atoms with Crippen LogP contribution in [-0.2, 0) is 24.8 Å². The maximum Gasteiger partial charge on any atom is 0.244 e. The number of rotatable bonds is 7. The molecule has 2 atom stereocenters. The van der Waals surface area contributed by atoms with Gasteiger partial charge in [0.05, 0.1) is 17.0 Å². The molecule has 0 saturated carbocycles. The molecule has 0 aliphatic carbocycles. The zero-order valence-corrected chi connectivity index (χ0v) is 16.7. The average molecular weight is 429 g/mol. The topological polar surface area (TPSA) is 135 Å². The van der Waals surface area contributed by atoms with Gasteiger partial charge in [0, 0.05) is 0 Å². The van der Waals surface area contributed by atoms with E-state index in [-0.39, 0.29) is 4.90 Å². The number of sulfonamides is 2. The predicted molar refractivity (Wildman–Crippen MR) is 101 cm³/mol. The molecule has 0 fully saturated rings. The number of halogens is 1. The number of carbonyl (C=O) groups excluding carboxylic acids is 1.